The lowest BCUT2D eigenvalue weighted by molar-refractivity contribution is -0.141. The molecule has 0 fully saturated rings. The first-order chi connectivity index (χ1) is 7.70. The van der Waals surface area contributed by atoms with E-state index in [1.54, 1.807) is 18.9 Å². The van der Waals surface area contributed by atoms with Crippen LogP contribution in [0.15, 0.2) is 23.1 Å². The van der Waals surface area contributed by atoms with Gasteiger partial charge in [-0.2, -0.15) is 0 Å². The molecule has 0 aliphatic carbocycles. The van der Waals surface area contributed by atoms with E-state index in [0.29, 0.717) is 6.42 Å². The van der Waals surface area contributed by atoms with E-state index >= 15 is 0 Å². The number of carboxylic acid groups (broad SMARTS) is 1. The van der Waals surface area contributed by atoms with E-state index in [4.69, 9.17) is 9.84 Å². The zero-order valence-electron chi connectivity index (χ0n) is 9.10. The van der Waals surface area contributed by atoms with E-state index in [1.807, 2.05) is 18.2 Å². The largest absolute Gasteiger partial charge is 0.497 e. The van der Waals surface area contributed by atoms with Gasteiger partial charge in [-0.15, -0.1) is 11.8 Å². The SMILES string of the molecule is COc1ccc2c(c1)CC(C(=O)O)CCS2. The van der Waals surface area contributed by atoms with Gasteiger partial charge in [0.2, 0.25) is 0 Å². The third-order valence-electron chi connectivity index (χ3n) is 2.81. The molecule has 1 N–H and O–H groups in total. The minimum absolute atomic E-state index is 0.263. The first-order valence-corrected chi connectivity index (χ1v) is 6.22. The first kappa shape index (κ1) is 11.3. The average Bonchev–Trinajstić information content (AvgIpc) is 2.49. The zero-order chi connectivity index (χ0) is 11.5. The Balaban J connectivity index is 2.30. The highest BCUT2D eigenvalue weighted by molar-refractivity contribution is 7.99. The summed E-state index contributed by atoms with van der Waals surface area (Å²) in [6.07, 6.45) is 1.34. The quantitative estimate of drug-likeness (QED) is 0.859. The number of carbonyl (C=O) groups is 1. The number of rotatable bonds is 2. The van der Waals surface area contributed by atoms with E-state index in [9.17, 15) is 4.79 Å². The van der Waals surface area contributed by atoms with Gasteiger partial charge < -0.3 is 9.84 Å². The van der Waals surface area contributed by atoms with Crippen LogP contribution < -0.4 is 4.74 Å². The normalized spacial score (nSPS) is 19.7. The number of fused-ring (bicyclic) bond motifs is 1. The van der Waals surface area contributed by atoms with Crippen LogP contribution in [0, 0.1) is 5.92 Å². The van der Waals surface area contributed by atoms with Gasteiger partial charge in [-0.25, -0.2) is 0 Å². The highest BCUT2D eigenvalue weighted by Gasteiger charge is 2.22. The van der Waals surface area contributed by atoms with Crippen molar-refractivity contribution >= 4 is 17.7 Å². The standard InChI is InChI=1S/C12H14O3S/c1-15-10-2-3-11-9(7-10)6-8(12(13)14)4-5-16-11/h2-3,7-8H,4-6H2,1H3,(H,13,14). The minimum atomic E-state index is -0.698. The predicted molar refractivity (Wildman–Crippen MR) is 63.2 cm³/mol. The molecule has 1 aromatic carbocycles. The Hall–Kier alpha value is -1.16. The molecule has 0 bridgehead atoms. The average molecular weight is 238 g/mol. The van der Waals surface area contributed by atoms with Crippen molar-refractivity contribution in [3.63, 3.8) is 0 Å². The Morgan fingerprint density at radius 1 is 1.56 bits per heavy atom. The molecule has 0 saturated heterocycles. The molecule has 1 unspecified atom stereocenters. The summed E-state index contributed by atoms with van der Waals surface area (Å²) in [7, 11) is 1.63. The number of hydrogen-bond donors (Lipinski definition) is 1. The summed E-state index contributed by atoms with van der Waals surface area (Å²) in [6, 6.07) is 5.89. The molecule has 1 heterocycles. The van der Waals surface area contributed by atoms with Gasteiger partial charge in [0.25, 0.3) is 0 Å². The Labute approximate surface area is 98.8 Å². The number of benzene rings is 1. The molecule has 4 heteroatoms. The smallest absolute Gasteiger partial charge is 0.306 e. The van der Waals surface area contributed by atoms with Crippen LogP contribution >= 0.6 is 11.8 Å². The summed E-state index contributed by atoms with van der Waals surface area (Å²) in [6.45, 7) is 0. The summed E-state index contributed by atoms with van der Waals surface area (Å²) < 4.78 is 5.16. The van der Waals surface area contributed by atoms with Gasteiger partial charge in [-0.1, -0.05) is 0 Å². The Morgan fingerprint density at radius 3 is 3.06 bits per heavy atom. The van der Waals surface area contributed by atoms with Gasteiger partial charge in [0.1, 0.15) is 5.75 Å². The number of aliphatic carboxylic acids is 1. The van der Waals surface area contributed by atoms with Gasteiger partial charge >= 0.3 is 5.97 Å². The molecular formula is C12H14O3S. The summed E-state index contributed by atoms with van der Waals surface area (Å²) in [5, 5.41) is 9.07. The molecule has 0 spiro atoms. The lowest BCUT2D eigenvalue weighted by Crippen LogP contribution is -2.16. The van der Waals surface area contributed by atoms with Gasteiger partial charge in [-0.05, 0) is 42.4 Å². The molecule has 86 valence electrons. The zero-order valence-corrected chi connectivity index (χ0v) is 9.92. The summed E-state index contributed by atoms with van der Waals surface area (Å²) in [5.41, 5.74) is 1.09. The van der Waals surface area contributed by atoms with E-state index in [0.717, 1.165) is 23.5 Å². The molecule has 1 atom stereocenters. The van der Waals surface area contributed by atoms with E-state index in [-0.39, 0.29) is 5.92 Å². The molecule has 0 aromatic heterocycles. The lowest BCUT2D eigenvalue weighted by Gasteiger charge is -2.10. The fraction of sp³-hybridized carbons (Fsp3) is 0.417. The Morgan fingerprint density at radius 2 is 2.38 bits per heavy atom. The molecule has 1 aliphatic heterocycles. The fourth-order valence-electron chi connectivity index (χ4n) is 1.87. The second-order valence-electron chi connectivity index (χ2n) is 3.85. The number of methoxy groups -OCH3 is 1. The van der Waals surface area contributed by atoms with Crippen molar-refractivity contribution in [3.8, 4) is 5.75 Å². The van der Waals surface area contributed by atoms with Gasteiger partial charge in [-0.3, -0.25) is 4.79 Å². The van der Waals surface area contributed by atoms with E-state index < -0.39 is 5.97 Å². The summed E-state index contributed by atoms with van der Waals surface area (Å²) in [5.74, 6) is 0.707. The highest BCUT2D eigenvalue weighted by atomic mass is 32.2. The third kappa shape index (κ3) is 2.32. The van der Waals surface area contributed by atoms with E-state index in [2.05, 4.69) is 0 Å². The fourth-order valence-corrected chi connectivity index (χ4v) is 2.99. The molecule has 3 nitrogen and oxygen atoms in total. The second kappa shape index (κ2) is 4.78. The van der Waals surface area contributed by atoms with Crippen molar-refractivity contribution in [2.45, 2.75) is 17.7 Å². The molecule has 1 aliphatic rings. The maximum Gasteiger partial charge on any atom is 0.306 e. The van der Waals surface area contributed by atoms with Crippen LogP contribution in [-0.2, 0) is 11.2 Å². The van der Waals surface area contributed by atoms with Crippen LogP contribution in [0.3, 0.4) is 0 Å². The molecule has 0 saturated carbocycles. The lowest BCUT2D eigenvalue weighted by atomic mass is 9.97. The van der Waals surface area contributed by atoms with Crippen LogP contribution in [0.1, 0.15) is 12.0 Å². The van der Waals surface area contributed by atoms with Crippen LogP contribution in [-0.4, -0.2) is 23.9 Å². The monoisotopic (exact) mass is 238 g/mol. The maximum absolute atomic E-state index is 11.0. The van der Waals surface area contributed by atoms with Crippen molar-refractivity contribution < 1.29 is 14.6 Å². The van der Waals surface area contributed by atoms with Gasteiger partial charge in [0.05, 0.1) is 13.0 Å². The molecule has 2 rings (SSSR count). The second-order valence-corrected chi connectivity index (χ2v) is 4.99. The Kier molecular flexibility index (Phi) is 3.39. The van der Waals surface area contributed by atoms with Crippen molar-refractivity contribution in [2.75, 3.05) is 12.9 Å². The van der Waals surface area contributed by atoms with Crippen LogP contribution in [0.25, 0.3) is 0 Å². The molecular weight excluding hydrogens is 224 g/mol. The van der Waals surface area contributed by atoms with Crippen molar-refractivity contribution in [3.05, 3.63) is 23.8 Å². The van der Waals surface area contributed by atoms with Crippen molar-refractivity contribution in [1.29, 1.82) is 0 Å². The topological polar surface area (TPSA) is 46.5 Å². The predicted octanol–water partition coefficient (Wildman–Crippen LogP) is 2.43. The summed E-state index contributed by atoms with van der Waals surface area (Å²) in [4.78, 5) is 12.2. The highest BCUT2D eigenvalue weighted by Crippen LogP contribution is 2.33. The molecule has 16 heavy (non-hydrogen) atoms. The molecule has 1 aromatic rings. The minimum Gasteiger partial charge on any atom is -0.497 e. The summed E-state index contributed by atoms with van der Waals surface area (Å²) >= 11 is 1.73. The van der Waals surface area contributed by atoms with Crippen molar-refractivity contribution in [1.82, 2.24) is 0 Å². The van der Waals surface area contributed by atoms with Crippen LogP contribution in [0.4, 0.5) is 0 Å². The van der Waals surface area contributed by atoms with Gasteiger partial charge in [0, 0.05) is 4.90 Å². The first-order valence-electron chi connectivity index (χ1n) is 5.23. The maximum atomic E-state index is 11.0. The van der Waals surface area contributed by atoms with Crippen molar-refractivity contribution in [2.24, 2.45) is 5.92 Å². The van der Waals surface area contributed by atoms with Crippen LogP contribution in [0.2, 0.25) is 0 Å². The van der Waals surface area contributed by atoms with Crippen LogP contribution in [0.5, 0.6) is 5.75 Å². The number of ether oxygens (including phenoxy) is 1. The number of thioether (sulfide) groups is 1. The molecule has 0 amide bonds. The van der Waals surface area contributed by atoms with E-state index in [1.165, 1.54) is 4.90 Å². The number of carboxylic acids is 1. The number of hydrogen-bond acceptors (Lipinski definition) is 3. The third-order valence-corrected chi connectivity index (χ3v) is 3.96. The Bertz CT molecular complexity index is 403. The molecule has 0 radical (unpaired) electrons. The van der Waals surface area contributed by atoms with Gasteiger partial charge in [0.15, 0.2) is 0 Å².